The second-order valence-corrected chi connectivity index (χ2v) is 9.09. The number of ketones is 1. The van der Waals surface area contributed by atoms with E-state index in [1.165, 1.54) is 19.3 Å². The first kappa shape index (κ1) is 21.7. The lowest BCUT2D eigenvalue weighted by Crippen LogP contribution is -2.42. The molecule has 1 saturated carbocycles. The van der Waals surface area contributed by atoms with Crippen molar-refractivity contribution in [1.82, 2.24) is 5.32 Å². The molecule has 0 aliphatic heterocycles. The van der Waals surface area contributed by atoms with Gasteiger partial charge in [0.05, 0.1) is 6.04 Å². The molecule has 0 saturated heterocycles. The van der Waals surface area contributed by atoms with E-state index in [0.717, 1.165) is 12.8 Å². The molecule has 0 heterocycles. The molecule has 0 radical (unpaired) electrons. The summed E-state index contributed by atoms with van der Waals surface area (Å²) in [5.74, 6) is 2.44. The fraction of sp³-hybridized carbons (Fsp3) is 0.739. The highest BCUT2D eigenvalue weighted by atomic mass is 16.6. The quantitative estimate of drug-likeness (QED) is 0.603. The number of alkyl carbamates (subject to hydrolysis) is 1. The Kier molecular flexibility index (Phi) is 7.69. The van der Waals surface area contributed by atoms with Crippen LogP contribution in [0.2, 0.25) is 0 Å². The van der Waals surface area contributed by atoms with Gasteiger partial charge in [-0.2, -0.15) is 0 Å². The van der Waals surface area contributed by atoms with E-state index in [2.05, 4.69) is 36.5 Å². The Labute approximate surface area is 164 Å². The molecular weight excluding hydrogens is 338 g/mol. The molecule has 1 fully saturated rings. The van der Waals surface area contributed by atoms with Gasteiger partial charge in [0.25, 0.3) is 0 Å². The molecule has 0 aromatic heterocycles. The van der Waals surface area contributed by atoms with Crippen LogP contribution in [0.5, 0.6) is 0 Å². The molecule has 2 rings (SSSR count). The van der Waals surface area contributed by atoms with Crippen molar-refractivity contribution in [2.45, 2.75) is 84.8 Å². The first-order valence-electron chi connectivity index (χ1n) is 10.6. The molecule has 0 bridgehead atoms. The number of amides is 1. The van der Waals surface area contributed by atoms with E-state index in [1.807, 2.05) is 20.8 Å². The number of allylic oxidation sites excluding steroid dienone is 4. The lowest BCUT2D eigenvalue weighted by molar-refractivity contribution is -0.121. The molecule has 4 heteroatoms. The van der Waals surface area contributed by atoms with Gasteiger partial charge in [-0.05, 0) is 77.0 Å². The van der Waals surface area contributed by atoms with Crippen molar-refractivity contribution in [2.75, 3.05) is 0 Å². The van der Waals surface area contributed by atoms with Crippen molar-refractivity contribution in [2.24, 2.45) is 23.7 Å². The second kappa shape index (κ2) is 9.57. The Balaban J connectivity index is 1.91. The fourth-order valence-electron chi connectivity index (χ4n) is 4.48. The maximum atomic E-state index is 12.6. The van der Waals surface area contributed by atoms with Crippen LogP contribution in [0.15, 0.2) is 24.3 Å². The predicted octanol–water partition coefficient (Wildman–Crippen LogP) is 5.43. The highest BCUT2D eigenvalue weighted by molar-refractivity contribution is 5.87. The molecule has 2 aliphatic rings. The Bertz CT molecular complexity index is 573. The van der Waals surface area contributed by atoms with Gasteiger partial charge < -0.3 is 10.1 Å². The average molecular weight is 376 g/mol. The zero-order valence-corrected chi connectivity index (χ0v) is 17.7. The van der Waals surface area contributed by atoms with Crippen molar-refractivity contribution in [3.05, 3.63) is 24.3 Å². The van der Waals surface area contributed by atoms with Crippen LogP contribution < -0.4 is 5.32 Å². The van der Waals surface area contributed by atoms with Gasteiger partial charge >= 0.3 is 6.09 Å². The largest absolute Gasteiger partial charge is 0.444 e. The molecule has 1 amide bonds. The second-order valence-electron chi connectivity index (χ2n) is 9.09. The number of hydrogen-bond acceptors (Lipinski definition) is 3. The Hall–Kier alpha value is -1.58. The smallest absolute Gasteiger partial charge is 0.408 e. The lowest BCUT2D eigenvalue weighted by Gasteiger charge is -2.35. The number of rotatable bonds is 7. The van der Waals surface area contributed by atoms with Crippen molar-refractivity contribution >= 4 is 11.9 Å². The van der Waals surface area contributed by atoms with E-state index in [0.29, 0.717) is 30.1 Å². The van der Waals surface area contributed by atoms with Crippen molar-refractivity contribution < 1.29 is 14.3 Å². The lowest BCUT2D eigenvalue weighted by atomic mass is 9.69. The maximum Gasteiger partial charge on any atom is 0.408 e. The number of carbonyl (C=O) groups is 2. The summed E-state index contributed by atoms with van der Waals surface area (Å²) in [7, 11) is 0. The van der Waals surface area contributed by atoms with E-state index in [-0.39, 0.29) is 5.78 Å². The van der Waals surface area contributed by atoms with Gasteiger partial charge in [0.15, 0.2) is 5.78 Å². The van der Waals surface area contributed by atoms with Gasteiger partial charge in [0, 0.05) is 6.42 Å². The first-order chi connectivity index (χ1) is 12.7. The number of ether oxygens (including phenoxy) is 1. The summed E-state index contributed by atoms with van der Waals surface area (Å²) < 4.78 is 5.25. The molecule has 4 nitrogen and oxygen atoms in total. The molecule has 2 aliphatic carbocycles. The Morgan fingerprint density at radius 2 is 2.00 bits per heavy atom. The van der Waals surface area contributed by atoms with Crippen LogP contribution in [0, 0.1) is 23.7 Å². The minimum absolute atomic E-state index is 0.0863. The summed E-state index contributed by atoms with van der Waals surface area (Å²) >= 11 is 0. The molecular formula is C23H37NO3. The van der Waals surface area contributed by atoms with Crippen molar-refractivity contribution in [3.8, 4) is 0 Å². The van der Waals surface area contributed by atoms with Gasteiger partial charge in [0.1, 0.15) is 5.60 Å². The maximum absolute atomic E-state index is 12.6. The molecule has 1 N–H and O–H groups in total. The SMILES string of the molecule is CC/C=C/[C@@H]1C=C[C@@H]2CCC[C@H]2[C@@H]1CCC(=O)[C@H](C)NC(=O)OC(C)(C)C. The minimum atomic E-state index is -0.558. The molecule has 152 valence electrons. The topological polar surface area (TPSA) is 55.4 Å². The summed E-state index contributed by atoms with van der Waals surface area (Å²) in [5, 5.41) is 2.68. The van der Waals surface area contributed by atoms with Crippen LogP contribution in [0.25, 0.3) is 0 Å². The molecule has 0 unspecified atom stereocenters. The van der Waals surface area contributed by atoms with E-state index in [9.17, 15) is 9.59 Å². The van der Waals surface area contributed by atoms with Crippen LogP contribution in [0.3, 0.4) is 0 Å². The zero-order valence-electron chi connectivity index (χ0n) is 17.7. The summed E-state index contributed by atoms with van der Waals surface area (Å²) in [6.45, 7) is 9.36. The van der Waals surface area contributed by atoms with E-state index < -0.39 is 17.7 Å². The molecule has 5 atom stereocenters. The Morgan fingerprint density at radius 1 is 1.26 bits per heavy atom. The van der Waals surface area contributed by atoms with Gasteiger partial charge in [-0.3, -0.25) is 4.79 Å². The molecule has 0 aromatic rings. The molecule has 0 spiro atoms. The number of fused-ring (bicyclic) bond motifs is 1. The summed E-state index contributed by atoms with van der Waals surface area (Å²) in [6, 6.07) is -0.511. The van der Waals surface area contributed by atoms with Crippen molar-refractivity contribution in [1.29, 1.82) is 0 Å². The van der Waals surface area contributed by atoms with E-state index in [4.69, 9.17) is 4.74 Å². The van der Waals surface area contributed by atoms with Gasteiger partial charge in [-0.1, -0.05) is 37.6 Å². The van der Waals surface area contributed by atoms with E-state index >= 15 is 0 Å². The van der Waals surface area contributed by atoms with Crippen LogP contribution in [0.4, 0.5) is 4.79 Å². The predicted molar refractivity (Wildman–Crippen MR) is 109 cm³/mol. The summed E-state index contributed by atoms with van der Waals surface area (Å²) in [4.78, 5) is 24.5. The normalized spacial score (nSPS) is 28.8. The van der Waals surface area contributed by atoms with E-state index in [1.54, 1.807) is 6.92 Å². The third kappa shape index (κ3) is 6.51. The van der Waals surface area contributed by atoms with Gasteiger partial charge in [-0.25, -0.2) is 4.79 Å². The van der Waals surface area contributed by atoms with Crippen LogP contribution in [0.1, 0.15) is 73.1 Å². The summed E-state index contributed by atoms with van der Waals surface area (Å²) in [6.07, 6.45) is 15.1. The van der Waals surface area contributed by atoms with Gasteiger partial charge in [0.2, 0.25) is 0 Å². The minimum Gasteiger partial charge on any atom is -0.444 e. The molecule has 0 aromatic carbocycles. The van der Waals surface area contributed by atoms with Crippen LogP contribution >= 0.6 is 0 Å². The van der Waals surface area contributed by atoms with Crippen LogP contribution in [-0.4, -0.2) is 23.5 Å². The molecule has 27 heavy (non-hydrogen) atoms. The third-order valence-corrected chi connectivity index (χ3v) is 5.78. The highest BCUT2D eigenvalue weighted by Gasteiger charge is 2.38. The van der Waals surface area contributed by atoms with Crippen LogP contribution in [-0.2, 0) is 9.53 Å². The Morgan fingerprint density at radius 3 is 2.67 bits per heavy atom. The summed E-state index contributed by atoms with van der Waals surface area (Å²) in [5.41, 5.74) is -0.558. The number of Topliss-reactive ketones (excluding diaryl/α,β-unsaturated/α-hetero) is 1. The third-order valence-electron chi connectivity index (χ3n) is 5.78. The average Bonchev–Trinajstić information content (AvgIpc) is 3.04. The zero-order chi connectivity index (χ0) is 20.0. The first-order valence-corrected chi connectivity index (χ1v) is 10.6. The monoisotopic (exact) mass is 375 g/mol. The number of nitrogens with one attached hydrogen (secondary N) is 1. The fourth-order valence-corrected chi connectivity index (χ4v) is 4.48. The number of carbonyl (C=O) groups excluding carboxylic acids is 2. The standard InChI is InChI=1S/C23H37NO3/c1-6-7-9-17-12-13-18-10-8-11-19(18)20(17)14-15-21(25)16(2)24-22(26)27-23(3,4)5/h7,9,12-13,16-20H,6,8,10-11,14-15H2,1-5H3,(H,24,26)/b9-7+/t16-,17+,18-,19+,20+/m0/s1. The highest BCUT2D eigenvalue weighted by Crippen LogP contribution is 2.46. The van der Waals surface area contributed by atoms with Crippen molar-refractivity contribution in [3.63, 3.8) is 0 Å². The van der Waals surface area contributed by atoms with Gasteiger partial charge in [-0.15, -0.1) is 0 Å². The number of hydrogen-bond donors (Lipinski definition) is 1.